The van der Waals surface area contributed by atoms with Crippen molar-refractivity contribution in [3.05, 3.63) is 61.5 Å². The van der Waals surface area contributed by atoms with Gasteiger partial charge in [0, 0.05) is 6.92 Å². The number of hydrogen-bond donors (Lipinski definition) is 2. The van der Waals surface area contributed by atoms with Crippen LogP contribution in [-0.4, -0.2) is 5.91 Å². The lowest BCUT2D eigenvalue weighted by molar-refractivity contribution is -0.116. The molecule has 3 rings (SSSR count). The van der Waals surface area contributed by atoms with Crippen molar-refractivity contribution in [2.24, 2.45) is 9.98 Å². The number of carbonyl (C=O) groups excluding carboxylic acids is 1. The zero-order valence-electron chi connectivity index (χ0n) is 11.4. The Balaban J connectivity index is 2.47. The van der Waals surface area contributed by atoms with Crippen molar-refractivity contribution < 1.29 is 9.73 Å². The Morgan fingerprint density at radius 3 is 2.18 bits per heavy atom. The van der Waals surface area contributed by atoms with Crippen LogP contribution < -0.4 is 32.5 Å². The molecule has 0 saturated carbocycles. The number of amides is 1. The van der Waals surface area contributed by atoms with E-state index in [0.29, 0.717) is 5.69 Å². The van der Waals surface area contributed by atoms with Crippen LogP contribution in [-0.2, 0) is 9.73 Å². The summed E-state index contributed by atoms with van der Waals surface area (Å²) in [5.41, 5.74) is 3.69. The molecule has 1 aliphatic heterocycles. The molecule has 0 aliphatic carbocycles. The molecule has 0 fully saturated rings. The van der Waals surface area contributed by atoms with Gasteiger partial charge in [0.25, 0.3) is 0 Å². The minimum Gasteiger partial charge on any atom is -0.285 e. The van der Waals surface area contributed by atoms with Gasteiger partial charge in [0.05, 0.1) is 5.69 Å². The second kappa shape index (κ2) is 5.34. The lowest BCUT2D eigenvalue weighted by atomic mass is 10.2. The SMILES string of the molecule is CC(=O)N=c1c(=O)c2c(c(=O)c1=Nc1ccccc1)NON2. The van der Waals surface area contributed by atoms with Crippen molar-refractivity contribution in [1.29, 1.82) is 0 Å². The number of rotatable bonds is 1. The molecule has 0 saturated heterocycles. The maximum Gasteiger partial charge on any atom is 0.243 e. The van der Waals surface area contributed by atoms with E-state index in [0.717, 1.165) is 0 Å². The molecule has 8 nitrogen and oxygen atoms in total. The van der Waals surface area contributed by atoms with Crippen molar-refractivity contribution in [1.82, 2.24) is 0 Å². The quantitative estimate of drug-likeness (QED) is 0.744. The van der Waals surface area contributed by atoms with E-state index in [1.165, 1.54) is 6.92 Å². The summed E-state index contributed by atoms with van der Waals surface area (Å²) < 4.78 is 0. The van der Waals surface area contributed by atoms with Gasteiger partial charge in [-0.2, -0.15) is 4.94 Å². The Hall–Kier alpha value is -3.13. The average Bonchev–Trinajstić information content (AvgIpc) is 2.99. The van der Waals surface area contributed by atoms with Crippen LogP contribution in [0.1, 0.15) is 6.92 Å². The third kappa shape index (κ3) is 2.31. The lowest BCUT2D eigenvalue weighted by Gasteiger charge is -1.96. The molecule has 2 aromatic carbocycles. The molecule has 0 unspecified atom stereocenters. The molecule has 1 amide bonds. The number of benzene rings is 2. The van der Waals surface area contributed by atoms with Crippen molar-refractivity contribution in [2.45, 2.75) is 6.92 Å². The van der Waals surface area contributed by atoms with Gasteiger partial charge in [0.15, 0.2) is 0 Å². The second-order valence-electron chi connectivity index (χ2n) is 4.49. The highest BCUT2D eigenvalue weighted by Gasteiger charge is 2.22. The molecule has 8 heteroatoms. The van der Waals surface area contributed by atoms with Crippen molar-refractivity contribution in [3.63, 3.8) is 0 Å². The van der Waals surface area contributed by atoms with Crippen molar-refractivity contribution in [2.75, 3.05) is 11.0 Å². The fourth-order valence-electron chi connectivity index (χ4n) is 2.00. The third-order valence-corrected chi connectivity index (χ3v) is 2.93. The number of hydrogen-bond acceptors (Lipinski definition) is 7. The molecule has 2 aromatic rings. The van der Waals surface area contributed by atoms with E-state index in [1.807, 2.05) is 0 Å². The zero-order valence-corrected chi connectivity index (χ0v) is 11.4. The predicted molar refractivity (Wildman–Crippen MR) is 77.6 cm³/mol. The Morgan fingerprint density at radius 2 is 1.59 bits per heavy atom. The Kier molecular flexibility index (Phi) is 3.36. The van der Waals surface area contributed by atoms with E-state index < -0.39 is 16.8 Å². The van der Waals surface area contributed by atoms with E-state index in [2.05, 4.69) is 25.9 Å². The largest absolute Gasteiger partial charge is 0.285 e. The highest BCUT2D eigenvalue weighted by atomic mass is 16.8. The molecule has 1 heterocycles. The summed E-state index contributed by atoms with van der Waals surface area (Å²) in [7, 11) is 0. The summed E-state index contributed by atoms with van der Waals surface area (Å²) in [5, 5.41) is -0.509. The van der Waals surface area contributed by atoms with E-state index in [9.17, 15) is 14.4 Å². The summed E-state index contributed by atoms with van der Waals surface area (Å²) in [5.74, 6) is -0.604. The van der Waals surface area contributed by atoms with Gasteiger partial charge in [-0.05, 0) is 12.1 Å². The van der Waals surface area contributed by atoms with E-state index in [-0.39, 0.29) is 22.1 Å². The summed E-state index contributed by atoms with van der Waals surface area (Å²) in [6, 6.07) is 8.59. The Labute approximate surface area is 123 Å². The van der Waals surface area contributed by atoms with E-state index in [1.54, 1.807) is 30.3 Å². The number of fused-ring (bicyclic) bond motifs is 1. The molecule has 2 N–H and O–H groups in total. The van der Waals surface area contributed by atoms with Gasteiger partial charge in [-0.25, -0.2) is 20.9 Å². The van der Waals surface area contributed by atoms with Gasteiger partial charge < -0.3 is 0 Å². The first-order chi connectivity index (χ1) is 10.6. The monoisotopic (exact) mass is 298 g/mol. The van der Waals surface area contributed by atoms with E-state index >= 15 is 0 Å². The summed E-state index contributed by atoms with van der Waals surface area (Å²) in [6.07, 6.45) is 0. The summed E-state index contributed by atoms with van der Waals surface area (Å²) in [6.45, 7) is 1.19. The van der Waals surface area contributed by atoms with Crippen LogP contribution in [0.25, 0.3) is 0 Å². The number of carbonyl (C=O) groups is 1. The van der Waals surface area contributed by atoms with Gasteiger partial charge in [-0.3, -0.25) is 14.4 Å². The molecule has 0 atom stereocenters. The fourth-order valence-corrected chi connectivity index (χ4v) is 2.00. The highest BCUT2D eigenvalue weighted by molar-refractivity contribution is 5.75. The Bertz CT molecular complexity index is 973. The molecule has 22 heavy (non-hydrogen) atoms. The van der Waals surface area contributed by atoms with Gasteiger partial charge in [0.1, 0.15) is 22.1 Å². The Morgan fingerprint density at radius 1 is 1.00 bits per heavy atom. The fraction of sp³-hybridized carbons (Fsp3) is 0.0714. The maximum absolute atomic E-state index is 12.4. The smallest absolute Gasteiger partial charge is 0.243 e. The average molecular weight is 298 g/mol. The molecule has 0 aromatic heterocycles. The number of nitrogens with one attached hydrogen (secondary N) is 2. The molecule has 0 bridgehead atoms. The van der Waals surface area contributed by atoms with Gasteiger partial charge in [-0.1, -0.05) is 18.2 Å². The second-order valence-corrected chi connectivity index (χ2v) is 4.49. The van der Waals surface area contributed by atoms with Crippen LogP contribution in [0.4, 0.5) is 17.1 Å². The standard InChI is InChI=1S/C14H10N4O4/c1-7(19)15-9-10(16-8-5-3-2-4-6-8)14(21)12-11(13(9)20)17-22-18-12/h2-6,17-18H,1H3. The topological polar surface area (TPSA) is 109 Å². The molecular weight excluding hydrogens is 288 g/mol. The number of anilines is 2. The van der Waals surface area contributed by atoms with Gasteiger partial charge >= 0.3 is 0 Å². The molecule has 110 valence electrons. The molecule has 0 spiro atoms. The normalized spacial score (nSPS) is 14.4. The minimum atomic E-state index is -0.635. The molecule has 1 aliphatic rings. The lowest BCUT2D eigenvalue weighted by Crippen LogP contribution is -2.49. The maximum atomic E-state index is 12.4. The van der Waals surface area contributed by atoms with Crippen molar-refractivity contribution in [3.8, 4) is 0 Å². The van der Waals surface area contributed by atoms with Crippen LogP contribution in [0.2, 0.25) is 0 Å². The number of nitrogens with zero attached hydrogens (tertiary/aromatic N) is 2. The molecular formula is C14H10N4O4. The van der Waals surface area contributed by atoms with Crippen LogP contribution in [0.5, 0.6) is 0 Å². The highest BCUT2D eigenvalue weighted by Crippen LogP contribution is 2.15. The van der Waals surface area contributed by atoms with Crippen molar-refractivity contribution >= 4 is 23.0 Å². The first kappa shape index (κ1) is 13.8. The first-order valence-corrected chi connectivity index (χ1v) is 6.33. The van der Waals surface area contributed by atoms with Crippen LogP contribution in [0, 0.1) is 0 Å². The van der Waals surface area contributed by atoms with E-state index in [4.69, 9.17) is 0 Å². The van der Waals surface area contributed by atoms with Gasteiger partial charge in [-0.15, -0.1) is 0 Å². The first-order valence-electron chi connectivity index (χ1n) is 6.33. The number of para-hydroxylation sites is 1. The zero-order chi connectivity index (χ0) is 15.7. The van der Waals surface area contributed by atoms with Gasteiger partial charge in [0.2, 0.25) is 16.8 Å². The van der Waals surface area contributed by atoms with Crippen LogP contribution in [0.15, 0.2) is 49.9 Å². The van der Waals surface area contributed by atoms with Crippen LogP contribution >= 0.6 is 0 Å². The van der Waals surface area contributed by atoms with Crippen LogP contribution in [0.3, 0.4) is 0 Å². The minimum absolute atomic E-state index is 0.0535. The summed E-state index contributed by atoms with van der Waals surface area (Å²) >= 11 is 0. The summed E-state index contributed by atoms with van der Waals surface area (Å²) in [4.78, 5) is 48.5. The third-order valence-electron chi connectivity index (χ3n) is 2.93. The molecule has 0 radical (unpaired) electrons. The predicted octanol–water partition coefficient (Wildman–Crippen LogP) is -0.354.